The average Bonchev–Trinajstić information content (AvgIpc) is 3.11. The third kappa shape index (κ3) is 4.33. The normalized spacial score (nSPS) is 23.7. The van der Waals surface area contributed by atoms with E-state index < -0.39 is 0 Å². The minimum Gasteiger partial charge on any atom is -0.355 e. The van der Waals surface area contributed by atoms with E-state index in [1.54, 1.807) is 11.1 Å². The maximum atomic E-state index is 3.84. The van der Waals surface area contributed by atoms with E-state index in [9.17, 15) is 0 Å². The van der Waals surface area contributed by atoms with E-state index in [0.717, 1.165) is 5.92 Å². The number of aromatic nitrogens is 1. The van der Waals surface area contributed by atoms with Gasteiger partial charge in [-0.1, -0.05) is 76.1 Å². The molecule has 0 saturated heterocycles. The van der Waals surface area contributed by atoms with Crippen LogP contribution < -0.4 is 0 Å². The predicted octanol–water partition coefficient (Wildman–Crippen LogP) is 7.35. The van der Waals surface area contributed by atoms with Gasteiger partial charge in [0.15, 0.2) is 0 Å². The zero-order valence-electron chi connectivity index (χ0n) is 18.9. The summed E-state index contributed by atoms with van der Waals surface area (Å²) in [5, 5.41) is 1.46. The highest BCUT2D eigenvalue weighted by molar-refractivity contribution is 5.89. The van der Waals surface area contributed by atoms with E-state index in [4.69, 9.17) is 0 Å². The molecule has 1 unspecified atom stereocenters. The van der Waals surface area contributed by atoms with Crippen LogP contribution in [0.1, 0.15) is 88.8 Å². The summed E-state index contributed by atoms with van der Waals surface area (Å²) in [6.45, 7) is 2.31. The number of rotatable bonds is 7. The standard InChI is InChI=1S/C27H40N2/c1-4-5-17-27(29(2)3)18-15-22(16-19-27)26-24(20-21-11-7-6-8-12-21)23-13-9-10-14-25(23)28-26/h9-10,13-15,21,28H,4-8,11-12,16-20H2,1-3H3. The number of hydrogen-bond acceptors (Lipinski definition) is 1. The molecule has 1 N–H and O–H groups in total. The Bertz CT molecular complexity index is 837. The number of allylic oxidation sites excluding steroid dienone is 1. The van der Waals surface area contributed by atoms with Crippen molar-refractivity contribution < 1.29 is 0 Å². The summed E-state index contributed by atoms with van der Waals surface area (Å²) < 4.78 is 0. The Morgan fingerprint density at radius 3 is 2.59 bits per heavy atom. The average molecular weight is 393 g/mol. The second-order valence-corrected chi connectivity index (χ2v) is 9.89. The lowest BCUT2D eigenvalue weighted by Crippen LogP contribution is -2.45. The molecule has 1 heterocycles. The first-order valence-corrected chi connectivity index (χ1v) is 12.1. The van der Waals surface area contributed by atoms with Crippen LogP contribution in [0.2, 0.25) is 0 Å². The Labute approximate surface area is 177 Å². The maximum Gasteiger partial charge on any atom is 0.0461 e. The van der Waals surface area contributed by atoms with Gasteiger partial charge in [-0.3, -0.25) is 0 Å². The number of para-hydroxylation sites is 1. The Hall–Kier alpha value is -1.54. The predicted molar refractivity (Wildman–Crippen MR) is 126 cm³/mol. The molecular weight excluding hydrogens is 352 g/mol. The monoisotopic (exact) mass is 392 g/mol. The van der Waals surface area contributed by atoms with Gasteiger partial charge in [0.05, 0.1) is 0 Å². The summed E-state index contributed by atoms with van der Waals surface area (Å²) in [4.78, 5) is 6.35. The lowest BCUT2D eigenvalue weighted by molar-refractivity contribution is 0.124. The Morgan fingerprint density at radius 1 is 1.10 bits per heavy atom. The van der Waals surface area contributed by atoms with Crippen molar-refractivity contribution >= 4 is 16.5 Å². The number of H-pyrrole nitrogens is 1. The topological polar surface area (TPSA) is 19.0 Å². The lowest BCUT2D eigenvalue weighted by atomic mass is 9.76. The smallest absolute Gasteiger partial charge is 0.0461 e. The van der Waals surface area contributed by atoms with Crippen LogP contribution in [-0.4, -0.2) is 29.5 Å². The van der Waals surface area contributed by atoms with Crippen LogP contribution in [0.4, 0.5) is 0 Å². The molecular formula is C27H40N2. The summed E-state index contributed by atoms with van der Waals surface area (Å²) >= 11 is 0. The molecule has 1 atom stereocenters. The molecule has 0 radical (unpaired) electrons. The quantitative estimate of drug-likeness (QED) is 0.522. The van der Waals surface area contributed by atoms with Gasteiger partial charge in [0.2, 0.25) is 0 Å². The van der Waals surface area contributed by atoms with Crippen molar-refractivity contribution in [3.05, 3.63) is 41.6 Å². The van der Waals surface area contributed by atoms with Crippen LogP contribution in [0.15, 0.2) is 30.3 Å². The van der Waals surface area contributed by atoms with E-state index >= 15 is 0 Å². The molecule has 2 aliphatic carbocycles. The first-order valence-electron chi connectivity index (χ1n) is 12.1. The molecule has 2 aliphatic rings. The summed E-state index contributed by atoms with van der Waals surface area (Å²) in [5.41, 5.74) is 6.31. The Morgan fingerprint density at radius 2 is 1.90 bits per heavy atom. The molecule has 2 aromatic rings. The SMILES string of the molecule is CCCCC1(N(C)C)CC=C(c2[nH]c3ccccc3c2CC2CCCCC2)CC1. The van der Waals surface area contributed by atoms with Crippen LogP contribution in [-0.2, 0) is 6.42 Å². The number of fused-ring (bicyclic) bond motifs is 1. The second kappa shape index (κ2) is 9.08. The zero-order valence-corrected chi connectivity index (χ0v) is 18.9. The molecule has 29 heavy (non-hydrogen) atoms. The number of aromatic amines is 1. The fourth-order valence-electron chi connectivity index (χ4n) is 5.84. The second-order valence-electron chi connectivity index (χ2n) is 9.89. The van der Waals surface area contributed by atoms with Gasteiger partial charge < -0.3 is 9.88 Å². The Balaban J connectivity index is 1.64. The number of hydrogen-bond donors (Lipinski definition) is 1. The molecule has 2 nitrogen and oxygen atoms in total. The number of benzene rings is 1. The largest absolute Gasteiger partial charge is 0.355 e. The van der Waals surface area contributed by atoms with Crippen LogP contribution >= 0.6 is 0 Å². The van der Waals surface area contributed by atoms with Crippen LogP contribution in [0, 0.1) is 5.92 Å². The first-order chi connectivity index (χ1) is 14.1. The molecule has 4 rings (SSSR count). The van der Waals surface area contributed by atoms with Crippen molar-refractivity contribution in [3.63, 3.8) is 0 Å². The minimum absolute atomic E-state index is 0.356. The summed E-state index contributed by atoms with van der Waals surface area (Å²) in [6.07, 6.45) is 18.6. The molecule has 0 amide bonds. The molecule has 1 aromatic carbocycles. The van der Waals surface area contributed by atoms with Gasteiger partial charge in [-0.2, -0.15) is 0 Å². The van der Waals surface area contributed by atoms with Crippen molar-refractivity contribution in [3.8, 4) is 0 Å². The van der Waals surface area contributed by atoms with Gasteiger partial charge in [0.1, 0.15) is 0 Å². The molecule has 0 spiro atoms. The van der Waals surface area contributed by atoms with E-state index in [0.29, 0.717) is 5.54 Å². The van der Waals surface area contributed by atoms with Gasteiger partial charge in [-0.15, -0.1) is 0 Å². The third-order valence-electron chi connectivity index (χ3n) is 7.88. The van der Waals surface area contributed by atoms with Crippen LogP contribution in [0.25, 0.3) is 16.5 Å². The molecule has 158 valence electrons. The fraction of sp³-hybridized carbons (Fsp3) is 0.630. The van der Waals surface area contributed by atoms with Gasteiger partial charge in [0, 0.05) is 22.1 Å². The highest BCUT2D eigenvalue weighted by Gasteiger charge is 2.34. The van der Waals surface area contributed by atoms with Crippen molar-refractivity contribution in [1.29, 1.82) is 0 Å². The van der Waals surface area contributed by atoms with Gasteiger partial charge in [-0.05, 0) is 69.3 Å². The Kier molecular flexibility index (Phi) is 6.49. The fourth-order valence-corrected chi connectivity index (χ4v) is 5.84. The summed E-state index contributed by atoms with van der Waals surface area (Å²) in [5.74, 6) is 0.872. The third-order valence-corrected chi connectivity index (χ3v) is 7.88. The van der Waals surface area contributed by atoms with Gasteiger partial charge >= 0.3 is 0 Å². The number of unbranched alkanes of at least 4 members (excludes halogenated alkanes) is 1. The summed E-state index contributed by atoms with van der Waals surface area (Å²) in [6, 6.07) is 8.98. The molecule has 1 fully saturated rings. The molecule has 0 bridgehead atoms. The number of nitrogens with one attached hydrogen (secondary N) is 1. The highest BCUT2D eigenvalue weighted by Crippen LogP contribution is 2.41. The lowest BCUT2D eigenvalue weighted by Gasteiger charge is -2.42. The van der Waals surface area contributed by atoms with E-state index in [1.165, 1.54) is 93.6 Å². The van der Waals surface area contributed by atoms with Gasteiger partial charge in [-0.25, -0.2) is 0 Å². The van der Waals surface area contributed by atoms with E-state index in [2.05, 4.69) is 61.2 Å². The van der Waals surface area contributed by atoms with E-state index in [-0.39, 0.29) is 0 Å². The van der Waals surface area contributed by atoms with Crippen molar-refractivity contribution in [2.75, 3.05) is 14.1 Å². The van der Waals surface area contributed by atoms with E-state index in [1.807, 2.05) is 0 Å². The first kappa shape index (κ1) is 20.7. The molecule has 2 heteroatoms. The van der Waals surface area contributed by atoms with Crippen LogP contribution in [0.3, 0.4) is 0 Å². The van der Waals surface area contributed by atoms with Crippen molar-refractivity contribution in [1.82, 2.24) is 9.88 Å². The maximum absolute atomic E-state index is 3.84. The summed E-state index contributed by atoms with van der Waals surface area (Å²) in [7, 11) is 4.57. The molecule has 1 aromatic heterocycles. The van der Waals surface area contributed by atoms with Gasteiger partial charge in [0.25, 0.3) is 0 Å². The van der Waals surface area contributed by atoms with Crippen molar-refractivity contribution in [2.24, 2.45) is 5.92 Å². The van der Waals surface area contributed by atoms with Crippen molar-refractivity contribution in [2.45, 2.75) is 89.5 Å². The minimum atomic E-state index is 0.356. The van der Waals surface area contributed by atoms with Crippen LogP contribution in [0.5, 0.6) is 0 Å². The molecule has 1 saturated carbocycles. The highest BCUT2D eigenvalue weighted by atomic mass is 15.1. The number of nitrogens with zero attached hydrogens (tertiary/aromatic N) is 1. The molecule has 0 aliphatic heterocycles. The zero-order chi connectivity index (χ0) is 20.3.